The summed E-state index contributed by atoms with van der Waals surface area (Å²) < 4.78 is 15.8. The number of benzene rings is 1. The van der Waals surface area contributed by atoms with Crippen molar-refractivity contribution in [3.63, 3.8) is 0 Å². The summed E-state index contributed by atoms with van der Waals surface area (Å²) >= 11 is 6.22. The van der Waals surface area contributed by atoms with Crippen LogP contribution in [0, 0.1) is 12.7 Å². The van der Waals surface area contributed by atoms with Crippen LogP contribution in [-0.4, -0.2) is 14.5 Å². The lowest BCUT2D eigenvalue weighted by Gasteiger charge is -2.11. The van der Waals surface area contributed by atoms with Gasteiger partial charge in [-0.2, -0.15) is 0 Å². The first kappa shape index (κ1) is 14.0. The monoisotopic (exact) mass is 303 g/mol. The van der Waals surface area contributed by atoms with Crippen molar-refractivity contribution in [2.45, 2.75) is 25.8 Å². The van der Waals surface area contributed by atoms with Crippen molar-refractivity contribution >= 4 is 22.8 Å². The minimum atomic E-state index is -0.272. The zero-order valence-electron chi connectivity index (χ0n) is 11.8. The predicted octanol–water partition coefficient (Wildman–Crippen LogP) is 4.23. The molecule has 3 rings (SSSR count). The maximum Gasteiger partial charge on any atom is 0.160 e. The molecular weight excluding hydrogens is 289 g/mol. The Labute approximate surface area is 127 Å². The number of aryl methyl sites for hydroxylation is 1. The van der Waals surface area contributed by atoms with E-state index in [-0.39, 0.29) is 11.2 Å². The summed E-state index contributed by atoms with van der Waals surface area (Å²) in [6.07, 6.45) is 0. The molecular formula is C16H15ClFN3. The van der Waals surface area contributed by atoms with Gasteiger partial charge in [0.05, 0.1) is 11.9 Å². The van der Waals surface area contributed by atoms with Gasteiger partial charge in [-0.05, 0) is 32.0 Å². The van der Waals surface area contributed by atoms with Crippen LogP contribution in [0.15, 0.2) is 36.4 Å². The van der Waals surface area contributed by atoms with Crippen LogP contribution in [0.25, 0.3) is 11.2 Å². The molecule has 2 aromatic heterocycles. The Morgan fingerprint density at radius 2 is 1.95 bits per heavy atom. The number of nitrogens with zero attached hydrogens (tertiary/aromatic N) is 3. The summed E-state index contributed by atoms with van der Waals surface area (Å²) in [5.74, 6) is 0.466. The molecule has 0 fully saturated rings. The molecule has 5 heteroatoms. The normalized spacial score (nSPS) is 12.8. The van der Waals surface area contributed by atoms with E-state index in [1.54, 1.807) is 12.1 Å². The summed E-state index contributed by atoms with van der Waals surface area (Å²) in [6, 6.07) is 10.5. The number of pyridine rings is 1. The molecule has 0 radical (unpaired) electrons. The molecule has 0 spiro atoms. The maximum absolute atomic E-state index is 13.9. The number of imidazole rings is 1. The fraction of sp³-hybridized carbons (Fsp3) is 0.250. The van der Waals surface area contributed by atoms with Crippen LogP contribution < -0.4 is 0 Å². The topological polar surface area (TPSA) is 30.7 Å². The second-order valence-corrected chi connectivity index (χ2v) is 5.71. The van der Waals surface area contributed by atoms with Crippen LogP contribution >= 0.6 is 11.6 Å². The largest absolute Gasteiger partial charge is 0.307 e. The van der Waals surface area contributed by atoms with E-state index in [4.69, 9.17) is 11.6 Å². The SMILES string of the molecule is Cc1ccc2nc(C(C)Cl)n(Cc3ccccc3F)c2n1. The molecule has 2 heterocycles. The minimum absolute atomic E-state index is 0.236. The van der Waals surface area contributed by atoms with E-state index < -0.39 is 0 Å². The molecule has 1 aromatic carbocycles. The fourth-order valence-electron chi connectivity index (χ4n) is 2.37. The van der Waals surface area contributed by atoms with Gasteiger partial charge in [-0.15, -0.1) is 11.6 Å². The molecule has 0 bridgehead atoms. The smallest absolute Gasteiger partial charge is 0.160 e. The average molecular weight is 304 g/mol. The third kappa shape index (κ3) is 2.63. The molecule has 3 aromatic rings. The number of alkyl halides is 1. The van der Waals surface area contributed by atoms with E-state index in [9.17, 15) is 4.39 Å². The molecule has 0 saturated heterocycles. The Morgan fingerprint density at radius 1 is 1.19 bits per heavy atom. The summed E-state index contributed by atoms with van der Waals surface area (Å²) in [6.45, 7) is 4.14. The number of hydrogen-bond donors (Lipinski definition) is 0. The first-order valence-electron chi connectivity index (χ1n) is 6.77. The van der Waals surface area contributed by atoms with Crippen molar-refractivity contribution < 1.29 is 4.39 Å². The second kappa shape index (κ2) is 5.45. The van der Waals surface area contributed by atoms with Gasteiger partial charge in [-0.25, -0.2) is 14.4 Å². The third-order valence-corrected chi connectivity index (χ3v) is 3.60. The lowest BCUT2D eigenvalue weighted by molar-refractivity contribution is 0.596. The summed E-state index contributed by atoms with van der Waals surface area (Å²) in [5, 5.41) is -0.272. The fourth-order valence-corrected chi connectivity index (χ4v) is 2.54. The first-order valence-corrected chi connectivity index (χ1v) is 7.21. The molecule has 0 amide bonds. The molecule has 108 valence electrons. The van der Waals surface area contributed by atoms with E-state index in [0.717, 1.165) is 16.9 Å². The van der Waals surface area contributed by atoms with Crippen LogP contribution in [-0.2, 0) is 6.54 Å². The van der Waals surface area contributed by atoms with E-state index in [1.165, 1.54) is 6.07 Å². The Hall–Kier alpha value is -1.94. The van der Waals surface area contributed by atoms with Gasteiger partial charge in [0.15, 0.2) is 5.65 Å². The van der Waals surface area contributed by atoms with E-state index in [0.29, 0.717) is 17.9 Å². The van der Waals surface area contributed by atoms with Crippen molar-refractivity contribution in [1.29, 1.82) is 0 Å². The van der Waals surface area contributed by atoms with Crippen LogP contribution in [0.2, 0.25) is 0 Å². The van der Waals surface area contributed by atoms with Gasteiger partial charge < -0.3 is 4.57 Å². The highest BCUT2D eigenvalue weighted by Gasteiger charge is 2.17. The molecule has 1 atom stereocenters. The number of fused-ring (bicyclic) bond motifs is 1. The summed E-state index contributed by atoms with van der Waals surface area (Å²) in [5.41, 5.74) is 3.00. The summed E-state index contributed by atoms with van der Waals surface area (Å²) in [4.78, 5) is 9.05. The van der Waals surface area contributed by atoms with Crippen LogP contribution in [0.3, 0.4) is 0 Å². The molecule has 3 nitrogen and oxygen atoms in total. The molecule has 1 unspecified atom stereocenters. The van der Waals surface area contributed by atoms with Gasteiger partial charge in [0.2, 0.25) is 0 Å². The lowest BCUT2D eigenvalue weighted by Crippen LogP contribution is -2.08. The predicted molar refractivity (Wildman–Crippen MR) is 82.0 cm³/mol. The van der Waals surface area contributed by atoms with Crippen LogP contribution in [0.5, 0.6) is 0 Å². The van der Waals surface area contributed by atoms with Gasteiger partial charge in [-0.1, -0.05) is 18.2 Å². The Morgan fingerprint density at radius 3 is 2.67 bits per heavy atom. The molecule has 0 aliphatic heterocycles. The van der Waals surface area contributed by atoms with E-state index in [1.807, 2.05) is 36.6 Å². The van der Waals surface area contributed by atoms with Gasteiger partial charge in [-0.3, -0.25) is 0 Å². The quantitative estimate of drug-likeness (QED) is 0.678. The van der Waals surface area contributed by atoms with Gasteiger partial charge in [0, 0.05) is 11.3 Å². The van der Waals surface area contributed by atoms with Crippen molar-refractivity contribution in [1.82, 2.24) is 14.5 Å². The molecule has 0 aliphatic rings. The van der Waals surface area contributed by atoms with Crippen molar-refractivity contribution in [3.8, 4) is 0 Å². The highest BCUT2D eigenvalue weighted by Crippen LogP contribution is 2.25. The van der Waals surface area contributed by atoms with Gasteiger partial charge >= 0.3 is 0 Å². The summed E-state index contributed by atoms with van der Waals surface area (Å²) in [7, 11) is 0. The highest BCUT2D eigenvalue weighted by molar-refractivity contribution is 6.20. The van der Waals surface area contributed by atoms with Crippen molar-refractivity contribution in [2.24, 2.45) is 0 Å². The van der Waals surface area contributed by atoms with Crippen LogP contribution in [0.4, 0.5) is 4.39 Å². The molecule has 21 heavy (non-hydrogen) atoms. The number of aromatic nitrogens is 3. The van der Waals surface area contributed by atoms with Crippen molar-refractivity contribution in [2.75, 3.05) is 0 Å². The number of rotatable bonds is 3. The van der Waals surface area contributed by atoms with E-state index >= 15 is 0 Å². The molecule has 0 N–H and O–H groups in total. The molecule has 0 aliphatic carbocycles. The van der Waals surface area contributed by atoms with E-state index in [2.05, 4.69) is 9.97 Å². The Balaban J connectivity index is 2.17. The molecule has 0 saturated carbocycles. The zero-order valence-corrected chi connectivity index (χ0v) is 12.6. The standard InChI is InChI=1S/C16H15ClFN3/c1-10-7-8-14-16(19-10)21(15(20-14)11(2)17)9-12-5-3-4-6-13(12)18/h3-8,11H,9H2,1-2H3. The third-order valence-electron chi connectivity index (χ3n) is 3.40. The maximum atomic E-state index is 13.9. The lowest BCUT2D eigenvalue weighted by atomic mass is 10.2. The van der Waals surface area contributed by atoms with Gasteiger partial charge in [0.1, 0.15) is 17.2 Å². The average Bonchev–Trinajstić information content (AvgIpc) is 2.80. The second-order valence-electron chi connectivity index (χ2n) is 5.06. The Bertz CT molecular complexity index is 795. The van der Waals surface area contributed by atoms with Crippen molar-refractivity contribution in [3.05, 3.63) is 59.3 Å². The Kier molecular flexibility index (Phi) is 3.64. The first-order chi connectivity index (χ1) is 10.1. The number of hydrogen-bond acceptors (Lipinski definition) is 2. The van der Waals surface area contributed by atoms with Gasteiger partial charge in [0.25, 0.3) is 0 Å². The zero-order chi connectivity index (χ0) is 15.0. The van der Waals surface area contributed by atoms with Crippen LogP contribution in [0.1, 0.15) is 29.4 Å². The number of halogens is 2. The minimum Gasteiger partial charge on any atom is -0.307 e. The highest BCUT2D eigenvalue weighted by atomic mass is 35.5.